The third kappa shape index (κ3) is 3.72. The second kappa shape index (κ2) is 6.98. The van der Waals surface area contributed by atoms with Crippen LogP contribution in [-0.2, 0) is 11.2 Å². The van der Waals surface area contributed by atoms with Crippen LogP contribution in [0.2, 0.25) is 0 Å². The first-order valence-corrected chi connectivity index (χ1v) is 8.38. The molecule has 1 saturated carbocycles. The van der Waals surface area contributed by atoms with E-state index in [9.17, 15) is 9.59 Å². The standard InChI is InChI=1S/C17H23N5O2/c1-11-15(17(24)20-12(2)19-11)10-16(23)21-13-4-6-14(7-5-13)22-9-3-8-18-22/h3,8-9,13-14H,4-7,10H2,1-2H3,(H,21,23)(H,19,20,24). The third-order valence-corrected chi connectivity index (χ3v) is 4.64. The fourth-order valence-corrected chi connectivity index (χ4v) is 3.38. The molecule has 0 aliphatic heterocycles. The number of H-pyrrole nitrogens is 1. The van der Waals surface area contributed by atoms with E-state index in [0.717, 1.165) is 25.7 Å². The maximum absolute atomic E-state index is 12.3. The highest BCUT2D eigenvalue weighted by Gasteiger charge is 2.24. The van der Waals surface area contributed by atoms with E-state index in [1.54, 1.807) is 20.0 Å². The zero-order valence-corrected chi connectivity index (χ0v) is 14.1. The van der Waals surface area contributed by atoms with Gasteiger partial charge in [0.25, 0.3) is 5.56 Å². The summed E-state index contributed by atoms with van der Waals surface area (Å²) in [6.45, 7) is 3.50. The summed E-state index contributed by atoms with van der Waals surface area (Å²) in [4.78, 5) is 31.1. The maximum Gasteiger partial charge on any atom is 0.254 e. The number of carbonyl (C=O) groups is 1. The minimum absolute atomic E-state index is 0.0769. The summed E-state index contributed by atoms with van der Waals surface area (Å²) < 4.78 is 2.00. The lowest BCUT2D eigenvalue weighted by molar-refractivity contribution is -0.121. The van der Waals surface area contributed by atoms with Gasteiger partial charge in [-0.1, -0.05) is 0 Å². The van der Waals surface area contributed by atoms with Crippen molar-refractivity contribution in [1.29, 1.82) is 0 Å². The van der Waals surface area contributed by atoms with E-state index in [4.69, 9.17) is 0 Å². The summed E-state index contributed by atoms with van der Waals surface area (Å²) in [6.07, 6.45) is 7.71. The van der Waals surface area contributed by atoms with Crippen molar-refractivity contribution in [2.75, 3.05) is 0 Å². The fraction of sp³-hybridized carbons (Fsp3) is 0.529. The van der Waals surface area contributed by atoms with Crippen molar-refractivity contribution < 1.29 is 4.79 Å². The molecule has 0 atom stereocenters. The molecule has 1 aliphatic rings. The molecule has 2 heterocycles. The Bertz CT molecular complexity index is 758. The molecule has 0 unspecified atom stereocenters. The summed E-state index contributed by atoms with van der Waals surface area (Å²) in [6, 6.07) is 2.52. The molecule has 2 aromatic rings. The molecule has 1 fully saturated rings. The van der Waals surface area contributed by atoms with Crippen LogP contribution < -0.4 is 10.9 Å². The predicted octanol–water partition coefficient (Wildman–Crippen LogP) is 1.43. The van der Waals surface area contributed by atoms with Gasteiger partial charge >= 0.3 is 0 Å². The highest BCUT2D eigenvalue weighted by molar-refractivity contribution is 5.79. The van der Waals surface area contributed by atoms with Crippen LogP contribution in [0.5, 0.6) is 0 Å². The minimum Gasteiger partial charge on any atom is -0.353 e. The van der Waals surface area contributed by atoms with E-state index in [0.29, 0.717) is 23.1 Å². The quantitative estimate of drug-likeness (QED) is 0.887. The van der Waals surface area contributed by atoms with E-state index >= 15 is 0 Å². The Morgan fingerprint density at radius 2 is 2.08 bits per heavy atom. The van der Waals surface area contributed by atoms with Crippen molar-refractivity contribution in [3.8, 4) is 0 Å². The highest BCUT2D eigenvalue weighted by Crippen LogP contribution is 2.27. The van der Waals surface area contributed by atoms with Gasteiger partial charge in [0, 0.05) is 29.7 Å². The summed E-state index contributed by atoms with van der Waals surface area (Å²) in [7, 11) is 0. The fourth-order valence-electron chi connectivity index (χ4n) is 3.38. The van der Waals surface area contributed by atoms with Gasteiger partial charge in [0.15, 0.2) is 0 Å². The highest BCUT2D eigenvalue weighted by atomic mass is 16.2. The molecule has 0 aromatic carbocycles. The topological polar surface area (TPSA) is 92.7 Å². The minimum atomic E-state index is -0.224. The SMILES string of the molecule is Cc1nc(C)c(CC(=O)NC2CCC(n3cccn3)CC2)c(=O)[nH]1. The van der Waals surface area contributed by atoms with Gasteiger partial charge in [-0.15, -0.1) is 0 Å². The van der Waals surface area contributed by atoms with Crippen molar-refractivity contribution >= 4 is 5.91 Å². The van der Waals surface area contributed by atoms with Crippen molar-refractivity contribution in [2.24, 2.45) is 0 Å². The molecule has 0 spiro atoms. The number of aryl methyl sites for hydroxylation is 2. The lowest BCUT2D eigenvalue weighted by Crippen LogP contribution is -2.39. The van der Waals surface area contributed by atoms with E-state index < -0.39 is 0 Å². The van der Waals surface area contributed by atoms with Crippen LogP contribution in [0.4, 0.5) is 0 Å². The Morgan fingerprint density at radius 3 is 2.71 bits per heavy atom. The summed E-state index contributed by atoms with van der Waals surface area (Å²) >= 11 is 0. The van der Waals surface area contributed by atoms with Gasteiger partial charge in [0.1, 0.15) is 5.82 Å². The normalized spacial score (nSPS) is 20.8. The average molecular weight is 329 g/mol. The van der Waals surface area contributed by atoms with E-state index in [1.807, 2.05) is 16.9 Å². The van der Waals surface area contributed by atoms with E-state index in [1.165, 1.54) is 0 Å². The van der Waals surface area contributed by atoms with Crippen LogP contribution in [0.3, 0.4) is 0 Å². The monoisotopic (exact) mass is 329 g/mol. The number of hydrogen-bond acceptors (Lipinski definition) is 4. The molecule has 7 nitrogen and oxygen atoms in total. The Balaban J connectivity index is 1.54. The van der Waals surface area contributed by atoms with Gasteiger partial charge in [0.05, 0.1) is 12.5 Å². The van der Waals surface area contributed by atoms with Gasteiger partial charge in [-0.25, -0.2) is 4.98 Å². The van der Waals surface area contributed by atoms with Gasteiger partial charge in [-0.3, -0.25) is 14.3 Å². The molecule has 24 heavy (non-hydrogen) atoms. The molecule has 0 bridgehead atoms. The van der Waals surface area contributed by atoms with Crippen LogP contribution in [0, 0.1) is 13.8 Å². The second-order valence-corrected chi connectivity index (χ2v) is 6.45. The zero-order valence-electron chi connectivity index (χ0n) is 14.1. The molecule has 2 N–H and O–H groups in total. The second-order valence-electron chi connectivity index (χ2n) is 6.45. The number of nitrogens with one attached hydrogen (secondary N) is 2. The first-order valence-electron chi connectivity index (χ1n) is 8.38. The summed E-state index contributed by atoms with van der Waals surface area (Å²) in [5, 5.41) is 7.35. The van der Waals surface area contributed by atoms with Crippen LogP contribution >= 0.6 is 0 Å². The van der Waals surface area contributed by atoms with Gasteiger partial charge in [0.2, 0.25) is 5.91 Å². The number of rotatable bonds is 4. The smallest absolute Gasteiger partial charge is 0.254 e. The molecule has 1 amide bonds. The lowest BCUT2D eigenvalue weighted by Gasteiger charge is -2.29. The average Bonchev–Trinajstić information content (AvgIpc) is 3.06. The molecule has 3 rings (SSSR count). The molecule has 7 heteroatoms. The number of hydrogen-bond donors (Lipinski definition) is 2. The lowest BCUT2D eigenvalue weighted by atomic mass is 9.91. The molecule has 128 valence electrons. The van der Waals surface area contributed by atoms with Crippen LogP contribution in [0.25, 0.3) is 0 Å². The molecular weight excluding hydrogens is 306 g/mol. The van der Waals surface area contributed by atoms with Gasteiger partial charge in [-0.05, 0) is 45.6 Å². The summed E-state index contributed by atoms with van der Waals surface area (Å²) in [5.74, 6) is 0.454. The van der Waals surface area contributed by atoms with Crippen molar-refractivity contribution in [3.05, 3.63) is 45.9 Å². The Morgan fingerprint density at radius 1 is 1.33 bits per heavy atom. The third-order valence-electron chi connectivity index (χ3n) is 4.64. The van der Waals surface area contributed by atoms with Crippen LogP contribution in [-0.4, -0.2) is 31.7 Å². The largest absolute Gasteiger partial charge is 0.353 e. The summed E-state index contributed by atoms with van der Waals surface area (Å²) in [5.41, 5.74) is 0.842. The molecule has 0 radical (unpaired) electrons. The van der Waals surface area contributed by atoms with E-state index in [-0.39, 0.29) is 23.9 Å². The molecule has 2 aromatic heterocycles. The van der Waals surface area contributed by atoms with Gasteiger partial charge in [-0.2, -0.15) is 5.10 Å². The number of amides is 1. The Hall–Kier alpha value is -2.44. The Kier molecular flexibility index (Phi) is 4.78. The first kappa shape index (κ1) is 16.4. The van der Waals surface area contributed by atoms with Crippen LogP contribution in [0.1, 0.15) is 48.8 Å². The predicted molar refractivity (Wildman–Crippen MR) is 89.7 cm³/mol. The van der Waals surface area contributed by atoms with Gasteiger partial charge < -0.3 is 10.3 Å². The van der Waals surface area contributed by atoms with Crippen LogP contribution in [0.15, 0.2) is 23.3 Å². The van der Waals surface area contributed by atoms with Crippen molar-refractivity contribution in [3.63, 3.8) is 0 Å². The maximum atomic E-state index is 12.3. The number of aromatic nitrogens is 4. The zero-order chi connectivity index (χ0) is 17.1. The van der Waals surface area contributed by atoms with Crippen molar-refractivity contribution in [1.82, 2.24) is 25.1 Å². The number of aromatic amines is 1. The molecular formula is C17H23N5O2. The molecule has 0 saturated heterocycles. The first-order chi connectivity index (χ1) is 11.5. The van der Waals surface area contributed by atoms with Crippen molar-refractivity contribution in [2.45, 2.75) is 58.0 Å². The Labute approximate surface area is 140 Å². The molecule has 1 aliphatic carbocycles. The van der Waals surface area contributed by atoms with E-state index in [2.05, 4.69) is 20.4 Å². The number of nitrogens with zero attached hydrogens (tertiary/aromatic N) is 3. The number of carbonyl (C=O) groups excluding carboxylic acids is 1.